The maximum absolute atomic E-state index is 13.1. The Bertz CT molecular complexity index is 1560. The minimum atomic E-state index is -4.44. The maximum atomic E-state index is 13.1. The van der Waals surface area contributed by atoms with Crippen LogP contribution < -0.4 is 0 Å². The molecule has 0 saturated carbocycles. The Balaban J connectivity index is 0.000000245. The summed E-state index contributed by atoms with van der Waals surface area (Å²) in [5.41, 5.74) is -0.000544. The van der Waals surface area contributed by atoms with E-state index in [-0.39, 0.29) is 43.3 Å². The van der Waals surface area contributed by atoms with Crippen LogP contribution in [-0.4, -0.2) is 41.8 Å². The molecule has 0 atom stereocenters. The van der Waals surface area contributed by atoms with Gasteiger partial charge in [-0.1, -0.05) is 75.2 Å². The van der Waals surface area contributed by atoms with Gasteiger partial charge in [0.2, 0.25) is 0 Å². The van der Waals surface area contributed by atoms with Crippen molar-refractivity contribution in [3.8, 4) is 22.5 Å². The number of aromatic nitrogens is 6. The van der Waals surface area contributed by atoms with Gasteiger partial charge in [0.15, 0.2) is 5.69 Å². The van der Waals surface area contributed by atoms with Gasteiger partial charge in [-0.05, 0) is 29.6 Å². The summed E-state index contributed by atoms with van der Waals surface area (Å²) in [6.45, 7) is 7.38. The molecule has 16 heteroatoms. The Morgan fingerprint density at radius 2 is 1.15 bits per heavy atom. The molecule has 0 saturated heterocycles. The fourth-order valence-electron chi connectivity index (χ4n) is 3.45. The molecule has 5 aromatic heterocycles. The fourth-order valence-corrected chi connectivity index (χ4v) is 3.45. The number of hydrogen-bond donors (Lipinski definition) is 0. The molecule has 0 aliphatic rings. The number of rotatable bonds is 7. The van der Waals surface area contributed by atoms with E-state index >= 15 is 0 Å². The number of halogens is 7. The molecule has 1 radical (unpaired) electrons. The summed E-state index contributed by atoms with van der Waals surface area (Å²) in [7, 11) is 0. The Labute approximate surface area is 280 Å². The minimum Gasteiger partial charge on any atom is -0.657 e. The van der Waals surface area contributed by atoms with E-state index in [9.17, 15) is 30.7 Å². The molecule has 0 bridgehead atoms. The molecule has 0 aliphatic carbocycles. The van der Waals surface area contributed by atoms with Gasteiger partial charge in [-0.2, -0.15) is 18.3 Å². The first-order valence-corrected chi connectivity index (χ1v) is 13.6. The third kappa shape index (κ3) is 12.5. The van der Waals surface area contributed by atoms with Crippen LogP contribution in [0.25, 0.3) is 33.1 Å². The monoisotopic (exact) mass is 837 g/mol. The second kappa shape index (κ2) is 18.3. The van der Waals surface area contributed by atoms with Gasteiger partial charge in [0.1, 0.15) is 23.8 Å². The van der Waals surface area contributed by atoms with Crippen molar-refractivity contribution >= 4 is 0 Å². The average Bonchev–Trinajstić information content (AvgIpc) is 3.50. The van der Waals surface area contributed by atoms with Crippen molar-refractivity contribution in [1.29, 1.82) is 0 Å². The summed E-state index contributed by atoms with van der Waals surface area (Å²) in [5, 5.41) is 12.0. The van der Waals surface area contributed by atoms with Crippen LogP contribution in [0.15, 0.2) is 73.2 Å². The maximum Gasteiger partial charge on any atom is 0.435 e. The van der Waals surface area contributed by atoms with Crippen molar-refractivity contribution in [2.24, 2.45) is 0 Å². The van der Waals surface area contributed by atoms with E-state index in [4.69, 9.17) is 0 Å². The zero-order valence-corrected chi connectivity index (χ0v) is 27.6. The first kappa shape index (κ1) is 39.1. The van der Waals surface area contributed by atoms with Crippen LogP contribution in [0.1, 0.15) is 39.7 Å². The third-order valence-electron chi connectivity index (χ3n) is 5.33. The van der Waals surface area contributed by atoms with Crippen LogP contribution in [0.3, 0.4) is 0 Å². The summed E-state index contributed by atoms with van der Waals surface area (Å²) in [5.74, 6) is -3.57. The summed E-state index contributed by atoms with van der Waals surface area (Å²) in [6.07, 6.45) is -0.852. The summed E-state index contributed by atoms with van der Waals surface area (Å²) >= 11 is 0. The minimum absolute atomic E-state index is 0. The quantitative estimate of drug-likeness (QED) is 0.0933. The van der Waals surface area contributed by atoms with Crippen molar-refractivity contribution in [2.75, 3.05) is 0 Å². The predicted molar refractivity (Wildman–Crippen MR) is 156 cm³/mol. The first-order chi connectivity index (χ1) is 21.7. The van der Waals surface area contributed by atoms with Gasteiger partial charge < -0.3 is 25.3 Å². The van der Waals surface area contributed by atoms with E-state index in [2.05, 4.69) is 47.8 Å². The van der Waals surface area contributed by atoms with Crippen LogP contribution in [0.5, 0.6) is 0 Å². The zero-order valence-electron chi connectivity index (χ0n) is 25.2. The molecular weight excluding hydrogens is 810 g/mol. The van der Waals surface area contributed by atoms with E-state index in [1.165, 1.54) is 18.6 Å². The first-order valence-electron chi connectivity index (χ1n) is 13.6. The second-order valence-corrected chi connectivity index (χ2v) is 9.72. The molecule has 5 rings (SSSR count). The number of alkyl halides is 3. The molecule has 0 unspecified atom stereocenters. The molecule has 8 nitrogen and oxygen atoms in total. The van der Waals surface area contributed by atoms with Crippen LogP contribution in [0.4, 0.5) is 30.7 Å². The number of nitrogens with zero attached hydrogens (tertiary/aromatic N) is 8. The summed E-state index contributed by atoms with van der Waals surface area (Å²) < 4.78 is 89.6. The van der Waals surface area contributed by atoms with Crippen LogP contribution in [0, 0.1) is 35.9 Å². The van der Waals surface area contributed by atoms with Crippen molar-refractivity contribution in [3.63, 3.8) is 0 Å². The van der Waals surface area contributed by atoms with E-state index in [0.29, 0.717) is 11.4 Å². The van der Waals surface area contributed by atoms with Crippen molar-refractivity contribution in [2.45, 2.75) is 52.2 Å². The molecule has 0 fully saturated rings. The number of pyridine rings is 4. The molecule has 0 aliphatic heterocycles. The largest absolute Gasteiger partial charge is 0.657 e. The molecule has 253 valence electrons. The van der Waals surface area contributed by atoms with E-state index in [1.54, 1.807) is 36.4 Å². The molecular formula is C31H27F7IrN8-4. The van der Waals surface area contributed by atoms with Crippen molar-refractivity contribution in [3.05, 3.63) is 125 Å². The summed E-state index contributed by atoms with van der Waals surface area (Å²) in [4.78, 5) is 13.9. The Kier molecular flexibility index (Phi) is 15.2. The van der Waals surface area contributed by atoms with Gasteiger partial charge in [-0.25, -0.2) is 17.6 Å². The Morgan fingerprint density at radius 1 is 0.702 bits per heavy atom. The van der Waals surface area contributed by atoms with Gasteiger partial charge >= 0.3 is 6.18 Å². The molecule has 0 amide bonds. The van der Waals surface area contributed by atoms with Crippen molar-refractivity contribution in [1.82, 2.24) is 29.7 Å². The molecule has 0 spiro atoms. The molecule has 0 aromatic carbocycles. The van der Waals surface area contributed by atoms with Gasteiger partial charge in [0.05, 0.1) is 0 Å². The SMILES string of the molecule is CC(C)[N-]C([N-]C(C)C)n1ccc(C(F)(F)F)n1.Fc1c[c-]c(-c2ccccn2)c(F)n1.Fc1c[c-]c(-c2ccccn2)c(F)n1.[Ir]. The topological polar surface area (TPSA) is 97.6 Å². The molecule has 5 heterocycles. The van der Waals surface area contributed by atoms with Gasteiger partial charge in [0, 0.05) is 38.7 Å². The van der Waals surface area contributed by atoms with Crippen LogP contribution in [0.2, 0.25) is 0 Å². The molecule has 5 aromatic rings. The molecule has 47 heavy (non-hydrogen) atoms. The van der Waals surface area contributed by atoms with Crippen molar-refractivity contribution < 1.29 is 50.8 Å². The predicted octanol–water partition coefficient (Wildman–Crippen LogP) is 8.36. The van der Waals surface area contributed by atoms with Gasteiger partial charge in [-0.15, -0.1) is 30.5 Å². The fraction of sp³-hybridized carbons (Fsp3) is 0.258. The Morgan fingerprint density at radius 3 is 1.47 bits per heavy atom. The smallest absolute Gasteiger partial charge is 0.435 e. The second-order valence-electron chi connectivity index (χ2n) is 9.72. The van der Waals surface area contributed by atoms with E-state index in [1.807, 2.05) is 27.7 Å². The normalized spacial score (nSPS) is 11.0. The van der Waals surface area contributed by atoms with Crippen LogP contribution >= 0.6 is 0 Å². The third-order valence-corrected chi connectivity index (χ3v) is 5.33. The number of hydrogen-bond acceptors (Lipinski definition) is 5. The molecule has 0 N–H and O–H groups in total. The summed E-state index contributed by atoms with van der Waals surface area (Å²) in [6, 6.07) is 17.8. The van der Waals surface area contributed by atoms with E-state index < -0.39 is 42.0 Å². The van der Waals surface area contributed by atoms with Crippen LogP contribution in [-0.2, 0) is 26.3 Å². The average molecular weight is 837 g/mol. The standard InChI is InChI=1S/C11H17F3N4.2C10H5F2N2.Ir/c1-7(2)15-10(16-8(3)4)18-6-5-9(17-18)11(12,13)14;2*11-9-5-4-7(10(12)14-9)8-3-1-2-6-13-8;/h5-8,10H,1-4H3;2*1-3,5-6H;/q-2;2*-1;. The zero-order chi connectivity index (χ0) is 33.9. The van der Waals surface area contributed by atoms with Gasteiger partial charge in [-0.3, -0.25) is 9.97 Å². The Hall–Kier alpha value is -4.11. The van der Waals surface area contributed by atoms with Gasteiger partial charge in [0.25, 0.3) is 0 Å². The van der Waals surface area contributed by atoms with E-state index in [0.717, 1.165) is 22.9 Å².